The molecule has 0 amide bonds. The van der Waals surface area contributed by atoms with E-state index in [0.717, 1.165) is 36.6 Å². The molecule has 0 saturated carbocycles. The maximum absolute atomic E-state index is 12.2. The number of alkyl halides is 2. The van der Waals surface area contributed by atoms with Gasteiger partial charge in [0.1, 0.15) is 5.75 Å². The van der Waals surface area contributed by atoms with Crippen LogP contribution in [0.3, 0.4) is 0 Å². The number of fused-ring (bicyclic) bond motifs is 1. The first kappa shape index (κ1) is 17.3. The van der Waals surface area contributed by atoms with E-state index in [0.29, 0.717) is 13.0 Å². The molecule has 3 rings (SSSR count). The number of carbonyl (C=O) groups is 1. The smallest absolute Gasteiger partial charge is 0.387 e. The van der Waals surface area contributed by atoms with Crippen LogP contribution in [0.15, 0.2) is 30.3 Å². The van der Waals surface area contributed by atoms with Crippen LogP contribution in [0.5, 0.6) is 5.75 Å². The summed E-state index contributed by atoms with van der Waals surface area (Å²) in [5.41, 5.74) is 2.87. The SMILES string of the molecule is O=C(O)CCc1cc2n(n1)CCN(Cc1ccc(OC(F)F)cc1)C2. The molecule has 1 aliphatic heterocycles. The third-order valence-corrected chi connectivity index (χ3v) is 4.08. The van der Waals surface area contributed by atoms with Crippen LogP contribution >= 0.6 is 0 Å². The highest BCUT2D eigenvalue weighted by atomic mass is 19.3. The van der Waals surface area contributed by atoms with E-state index < -0.39 is 12.6 Å². The number of hydrogen-bond acceptors (Lipinski definition) is 4. The van der Waals surface area contributed by atoms with E-state index in [1.54, 1.807) is 24.3 Å². The first-order chi connectivity index (χ1) is 12.0. The topological polar surface area (TPSA) is 67.6 Å². The molecule has 2 heterocycles. The van der Waals surface area contributed by atoms with Crippen molar-refractivity contribution < 1.29 is 23.4 Å². The van der Waals surface area contributed by atoms with Gasteiger partial charge in [-0.2, -0.15) is 13.9 Å². The zero-order chi connectivity index (χ0) is 17.8. The van der Waals surface area contributed by atoms with E-state index in [1.165, 1.54) is 0 Å². The van der Waals surface area contributed by atoms with Gasteiger partial charge < -0.3 is 9.84 Å². The number of rotatable bonds is 7. The van der Waals surface area contributed by atoms with Crippen LogP contribution in [-0.4, -0.2) is 38.9 Å². The van der Waals surface area contributed by atoms with Crippen molar-refractivity contribution in [3.63, 3.8) is 0 Å². The Kier molecular flexibility index (Phi) is 5.28. The summed E-state index contributed by atoms with van der Waals surface area (Å²) in [5, 5.41) is 13.2. The number of halogens is 2. The Balaban J connectivity index is 1.58. The molecule has 6 nitrogen and oxygen atoms in total. The molecule has 1 aliphatic rings. The average molecular weight is 351 g/mol. The van der Waals surface area contributed by atoms with Crippen molar-refractivity contribution in [3.05, 3.63) is 47.3 Å². The van der Waals surface area contributed by atoms with Crippen LogP contribution in [0.25, 0.3) is 0 Å². The monoisotopic (exact) mass is 351 g/mol. The summed E-state index contributed by atoms with van der Waals surface area (Å²) in [7, 11) is 0. The molecule has 0 aliphatic carbocycles. The lowest BCUT2D eigenvalue weighted by molar-refractivity contribution is -0.136. The van der Waals surface area contributed by atoms with Crippen molar-refractivity contribution in [2.24, 2.45) is 0 Å². The van der Waals surface area contributed by atoms with Gasteiger partial charge in [0.25, 0.3) is 0 Å². The van der Waals surface area contributed by atoms with Crippen molar-refractivity contribution in [3.8, 4) is 5.75 Å². The number of aliphatic carboxylic acids is 1. The Hall–Kier alpha value is -2.48. The fourth-order valence-corrected chi connectivity index (χ4v) is 2.91. The van der Waals surface area contributed by atoms with Crippen LogP contribution in [-0.2, 0) is 30.8 Å². The summed E-state index contributed by atoms with van der Waals surface area (Å²) in [6.07, 6.45) is 0.508. The maximum atomic E-state index is 12.2. The summed E-state index contributed by atoms with van der Waals surface area (Å²) in [6, 6.07) is 8.60. The van der Waals surface area contributed by atoms with Gasteiger partial charge in [0.05, 0.1) is 24.4 Å². The first-order valence-corrected chi connectivity index (χ1v) is 8.03. The van der Waals surface area contributed by atoms with E-state index in [9.17, 15) is 13.6 Å². The lowest BCUT2D eigenvalue weighted by Gasteiger charge is -2.27. The number of carboxylic acids is 1. The number of aromatic nitrogens is 2. The summed E-state index contributed by atoms with van der Waals surface area (Å²) in [6.45, 7) is 0.167. The standard InChI is InChI=1S/C17H19F2N3O3/c18-17(19)25-15-4-1-12(2-5-15)10-21-7-8-22-14(11-21)9-13(20-22)3-6-16(23)24/h1-2,4-5,9,17H,3,6-8,10-11H2,(H,23,24). The predicted octanol–water partition coefficient (Wildman–Crippen LogP) is 2.52. The third kappa shape index (κ3) is 4.76. The molecule has 0 radical (unpaired) electrons. The molecule has 8 heteroatoms. The van der Waals surface area contributed by atoms with Crippen LogP contribution in [0.4, 0.5) is 8.78 Å². The zero-order valence-electron chi connectivity index (χ0n) is 13.6. The zero-order valence-corrected chi connectivity index (χ0v) is 13.6. The Morgan fingerprint density at radius 3 is 2.72 bits per heavy atom. The Morgan fingerprint density at radius 2 is 2.04 bits per heavy atom. The normalized spacial score (nSPS) is 14.5. The van der Waals surface area contributed by atoms with E-state index in [2.05, 4.69) is 14.7 Å². The molecule has 25 heavy (non-hydrogen) atoms. The number of aryl methyl sites for hydroxylation is 1. The summed E-state index contributed by atoms with van der Waals surface area (Å²) >= 11 is 0. The Labute approximate surface area is 143 Å². The van der Waals surface area contributed by atoms with Crippen molar-refractivity contribution in [1.82, 2.24) is 14.7 Å². The lowest BCUT2D eigenvalue weighted by atomic mass is 10.1. The van der Waals surface area contributed by atoms with Crippen molar-refractivity contribution in [2.45, 2.75) is 39.1 Å². The van der Waals surface area contributed by atoms with Gasteiger partial charge in [-0.3, -0.25) is 14.4 Å². The molecule has 0 bridgehead atoms. The van der Waals surface area contributed by atoms with Crippen LogP contribution in [0.1, 0.15) is 23.4 Å². The van der Waals surface area contributed by atoms with Gasteiger partial charge in [-0.05, 0) is 23.8 Å². The molecule has 0 atom stereocenters. The average Bonchev–Trinajstić information content (AvgIpc) is 2.96. The Morgan fingerprint density at radius 1 is 1.28 bits per heavy atom. The van der Waals surface area contributed by atoms with Gasteiger partial charge in [0.2, 0.25) is 0 Å². The number of carboxylic acid groups (broad SMARTS) is 1. The van der Waals surface area contributed by atoms with Gasteiger partial charge in [0, 0.05) is 26.1 Å². The fraction of sp³-hybridized carbons (Fsp3) is 0.412. The van der Waals surface area contributed by atoms with E-state index in [1.807, 2.05) is 10.7 Å². The molecule has 1 aromatic carbocycles. The molecule has 134 valence electrons. The number of ether oxygens (including phenoxy) is 1. The predicted molar refractivity (Wildman–Crippen MR) is 85.4 cm³/mol. The minimum atomic E-state index is -2.82. The first-order valence-electron chi connectivity index (χ1n) is 8.03. The number of benzene rings is 1. The third-order valence-electron chi connectivity index (χ3n) is 4.08. The fourth-order valence-electron chi connectivity index (χ4n) is 2.91. The second-order valence-electron chi connectivity index (χ2n) is 5.98. The van der Waals surface area contributed by atoms with E-state index in [4.69, 9.17) is 5.11 Å². The Bertz CT molecular complexity index is 731. The van der Waals surface area contributed by atoms with Gasteiger partial charge >= 0.3 is 12.6 Å². The highest BCUT2D eigenvalue weighted by Crippen LogP contribution is 2.19. The molecule has 1 N–H and O–H groups in total. The van der Waals surface area contributed by atoms with E-state index in [-0.39, 0.29) is 12.2 Å². The van der Waals surface area contributed by atoms with Gasteiger partial charge in [-0.15, -0.1) is 0 Å². The summed E-state index contributed by atoms with van der Waals surface area (Å²) in [5.74, 6) is -0.676. The molecule has 1 aromatic heterocycles. The molecular formula is C17H19F2N3O3. The summed E-state index contributed by atoms with van der Waals surface area (Å²) in [4.78, 5) is 12.9. The number of hydrogen-bond donors (Lipinski definition) is 1. The second-order valence-corrected chi connectivity index (χ2v) is 5.98. The minimum absolute atomic E-state index is 0.0766. The molecule has 0 fully saturated rings. The highest BCUT2D eigenvalue weighted by molar-refractivity contribution is 5.66. The summed E-state index contributed by atoms with van der Waals surface area (Å²) < 4.78 is 30.6. The van der Waals surface area contributed by atoms with Crippen molar-refractivity contribution in [1.29, 1.82) is 0 Å². The highest BCUT2D eigenvalue weighted by Gasteiger charge is 2.19. The minimum Gasteiger partial charge on any atom is -0.481 e. The molecular weight excluding hydrogens is 332 g/mol. The second kappa shape index (κ2) is 7.60. The largest absolute Gasteiger partial charge is 0.481 e. The van der Waals surface area contributed by atoms with Crippen LogP contribution in [0.2, 0.25) is 0 Å². The van der Waals surface area contributed by atoms with Crippen molar-refractivity contribution >= 4 is 5.97 Å². The van der Waals surface area contributed by atoms with Gasteiger partial charge in [-0.25, -0.2) is 0 Å². The lowest BCUT2D eigenvalue weighted by Crippen LogP contribution is -2.33. The number of nitrogens with zero attached hydrogens (tertiary/aromatic N) is 3. The maximum Gasteiger partial charge on any atom is 0.387 e. The molecule has 0 unspecified atom stereocenters. The molecule has 0 spiro atoms. The van der Waals surface area contributed by atoms with Gasteiger partial charge in [-0.1, -0.05) is 12.1 Å². The van der Waals surface area contributed by atoms with Crippen LogP contribution in [0, 0.1) is 0 Å². The van der Waals surface area contributed by atoms with Crippen LogP contribution < -0.4 is 4.74 Å². The van der Waals surface area contributed by atoms with Gasteiger partial charge in [0.15, 0.2) is 0 Å². The van der Waals surface area contributed by atoms with Crippen molar-refractivity contribution in [2.75, 3.05) is 6.54 Å². The van der Waals surface area contributed by atoms with E-state index >= 15 is 0 Å². The molecule has 0 saturated heterocycles. The molecule has 2 aromatic rings. The quantitative estimate of drug-likeness (QED) is 0.830.